The maximum atomic E-state index is 14.5. The van der Waals surface area contributed by atoms with Gasteiger partial charge in [0.2, 0.25) is 12.0 Å². The Morgan fingerprint density at radius 1 is 1.00 bits per heavy atom. The van der Waals surface area contributed by atoms with E-state index in [1.165, 1.54) is 35.9 Å². The minimum Gasteiger partial charge on any atom is -0.480 e. The zero-order valence-corrected chi connectivity index (χ0v) is 22.2. The van der Waals surface area contributed by atoms with Crippen LogP contribution in [-0.4, -0.2) is 33.3 Å². The summed E-state index contributed by atoms with van der Waals surface area (Å²) in [6, 6.07) is 18.9. The predicted molar refractivity (Wildman–Crippen MR) is 148 cm³/mol. The molecule has 1 unspecified atom stereocenters. The maximum Gasteiger partial charge on any atom is 0.429 e. The van der Waals surface area contributed by atoms with Crippen molar-refractivity contribution in [2.45, 2.75) is 24.7 Å². The number of halogens is 4. The van der Waals surface area contributed by atoms with Crippen molar-refractivity contribution in [3.05, 3.63) is 101 Å². The molecule has 0 saturated heterocycles. The third-order valence-electron chi connectivity index (χ3n) is 6.27. The Bertz CT molecular complexity index is 1660. The normalized spacial score (nSPS) is 13.2. The molecule has 11 heteroatoms. The lowest BCUT2D eigenvalue weighted by atomic mass is 9.96. The van der Waals surface area contributed by atoms with Crippen molar-refractivity contribution >= 4 is 39.1 Å². The first-order valence-corrected chi connectivity index (χ1v) is 13.3. The minimum absolute atomic E-state index is 0.0956. The largest absolute Gasteiger partial charge is 0.480 e. The average molecular weight is 584 g/mol. The molecule has 0 radical (unpaired) electrons. The molecule has 0 aliphatic heterocycles. The number of fused-ring (bicyclic) bond motifs is 1. The highest BCUT2D eigenvalue weighted by Crippen LogP contribution is 2.44. The van der Waals surface area contributed by atoms with Crippen LogP contribution in [-0.2, 0) is 11.2 Å². The van der Waals surface area contributed by atoms with E-state index < -0.39 is 24.3 Å². The smallest absolute Gasteiger partial charge is 0.429 e. The molecule has 0 saturated carbocycles. The molecule has 0 aliphatic carbocycles. The monoisotopic (exact) mass is 583 g/mol. The zero-order valence-electron chi connectivity index (χ0n) is 20.6. The van der Waals surface area contributed by atoms with Gasteiger partial charge in [0.25, 0.3) is 0 Å². The first kappa shape index (κ1) is 27.6. The zero-order chi connectivity index (χ0) is 28.4. The van der Waals surface area contributed by atoms with Crippen LogP contribution in [0.25, 0.3) is 32.5 Å². The van der Waals surface area contributed by atoms with E-state index in [4.69, 9.17) is 27.2 Å². The second-order valence-electron chi connectivity index (χ2n) is 8.99. The highest BCUT2D eigenvalue weighted by Gasteiger charge is 2.45. The number of hydrogen-bond acceptors (Lipinski definition) is 6. The van der Waals surface area contributed by atoms with Crippen molar-refractivity contribution in [3.63, 3.8) is 0 Å². The fourth-order valence-electron chi connectivity index (χ4n) is 4.32. The molecule has 5 aromatic rings. The molecule has 5 rings (SSSR count). The summed E-state index contributed by atoms with van der Waals surface area (Å²) in [5, 5.41) is 11.1. The number of thiophene rings is 1. The van der Waals surface area contributed by atoms with Crippen molar-refractivity contribution in [2.24, 2.45) is 5.73 Å². The van der Waals surface area contributed by atoms with Crippen molar-refractivity contribution < 1.29 is 27.8 Å². The van der Waals surface area contributed by atoms with Gasteiger partial charge in [0.1, 0.15) is 17.1 Å². The number of carboxylic acid groups (broad SMARTS) is 1. The molecular formula is C29H21ClF3N3O3S. The first-order chi connectivity index (χ1) is 19.1. The van der Waals surface area contributed by atoms with E-state index in [1.54, 1.807) is 60.0 Å². The number of aliphatic carboxylic acids is 1. The van der Waals surface area contributed by atoms with E-state index in [1.807, 2.05) is 0 Å². The van der Waals surface area contributed by atoms with Crippen LogP contribution in [0.2, 0.25) is 5.02 Å². The standard InChI is InChI=1S/C29H21ClF3N3O3S/c30-19-10-11-20(21(13-19)17-4-2-1-3-5-17)26(29(31,32)33)39-27-25-24(35-15-36-27)22(14-40-25)18-8-6-16(7-9-18)12-23(34)28(37)38/h1-11,13-15,23,26H,12,34H2,(H,37,38)/t23-,26?/m0/s1. The van der Waals surface area contributed by atoms with E-state index in [9.17, 15) is 18.0 Å². The number of alkyl halides is 3. The lowest BCUT2D eigenvalue weighted by molar-refractivity contribution is -0.198. The molecule has 0 amide bonds. The summed E-state index contributed by atoms with van der Waals surface area (Å²) in [4.78, 5) is 19.4. The molecule has 0 spiro atoms. The molecule has 3 N–H and O–H groups in total. The Balaban J connectivity index is 1.51. The van der Waals surface area contributed by atoms with Gasteiger partial charge in [-0.25, -0.2) is 9.97 Å². The van der Waals surface area contributed by atoms with Gasteiger partial charge in [-0.3, -0.25) is 4.79 Å². The molecule has 0 fully saturated rings. The highest BCUT2D eigenvalue weighted by atomic mass is 35.5. The van der Waals surface area contributed by atoms with E-state index in [-0.39, 0.29) is 17.9 Å². The summed E-state index contributed by atoms with van der Waals surface area (Å²) in [6.07, 6.45) is -5.75. The molecule has 3 aromatic carbocycles. The Labute approximate surface area is 235 Å². The number of nitrogens with two attached hydrogens (primary N) is 1. The second-order valence-corrected chi connectivity index (χ2v) is 10.3. The van der Waals surface area contributed by atoms with Crippen LogP contribution < -0.4 is 10.5 Å². The summed E-state index contributed by atoms with van der Waals surface area (Å²) < 4.78 is 49.5. The van der Waals surface area contributed by atoms with E-state index in [0.29, 0.717) is 31.9 Å². The molecular weight excluding hydrogens is 563 g/mol. The lowest BCUT2D eigenvalue weighted by Gasteiger charge is -2.24. The molecule has 6 nitrogen and oxygen atoms in total. The Hall–Kier alpha value is -3.99. The number of benzene rings is 3. The van der Waals surface area contributed by atoms with E-state index in [0.717, 1.165) is 11.1 Å². The number of ether oxygens (including phenoxy) is 1. The van der Waals surface area contributed by atoms with Crippen LogP contribution >= 0.6 is 22.9 Å². The van der Waals surface area contributed by atoms with Gasteiger partial charge in [-0.15, -0.1) is 11.3 Å². The van der Waals surface area contributed by atoms with Crippen LogP contribution in [0.3, 0.4) is 0 Å². The van der Waals surface area contributed by atoms with Gasteiger partial charge in [0.15, 0.2) is 0 Å². The number of carboxylic acids is 1. The van der Waals surface area contributed by atoms with Gasteiger partial charge in [-0.05, 0) is 40.8 Å². The van der Waals surface area contributed by atoms with Gasteiger partial charge >= 0.3 is 12.1 Å². The van der Waals surface area contributed by atoms with Crippen LogP contribution in [0.4, 0.5) is 13.2 Å². The molecule has 204 valence electrons. The second kappa shape index (κ2) is 11.2. The van der Waals surface area contributed by atoms with Crippen molar-refractivity contribution in [3.8, 4) is 28.1 Å². The summed E-state index contributed by atoms with van der Waals surface area (Å²) in [5.74, 6) is -1.29. The Kier molecular flexibility index (Phi) is 7.75. The fourth-order valence-corrected chi connectivity index (χ4v) is 5.45. The van der Waals surface area contributed by atoms with Crippen LogP contribution in [0.15, 0.2) is 84.5 Å². The van der Waals surface area contributed by atoms with Gasteiger partial charge in [0, 0.05) is 21.5 Å². The fraction of sp³-hybridized carbons (Fsp3) is 0.138. The highest BCUT2D eigenvalue weighted by molar-refractivity contribution is 7.18. The Morgan fingerprint density at radius 3 is 2.38 bits per heavy atom. The topological polar surface area (TPSA) is 98.3 Å². The summed E-state index contributed by atoms with van der Waals surface area (Å²) in [7, 11) is 0. The molecule has 0 aliphatic rings. The van der Waals surface area contributed by atoms with Gasteiger partial charge in [0.05, 0.1) is 5.52 Å². The van der Waals surface area contributed by atoms with E-state index >= 15 is 0 Å². The van der Waals surface area contributed by atoms with Gasteiger partial charge in [-0.2, -0.15) is 13.2 Å². The first-order valence-electron chi connectivity index (χ1n) is 12.0. The molecule has 40 heavy (non-hydrogen) atoms. The SMILES string of the molecule is N[C@@H](Cc1ccc(-c2csc3c(OC(c4ccc(Cl)cc4-c4ccccc4)C(F)(F)F)ncnc23)cc1)C(=O)O. The molecule has 0 bridgehead atoms. The lowest BCUT2D eigenvalue weighted by Crippen LogP contribution is -2.32. The van der Waals surface area contributed by atoms with Gasteiger partial charge in [-0.1, -0.05) is 72.3 Å². The van der Waals surface area contributed by atoms with Crippen LogP contribution in [0, 0.1) is 0 Å². The third-order valence-corrected chi connectivity index (χ3v) is 7.46. The molecule has 2 atom stereocenters. The average Bonchev–Trinajstić information content (AvgIpc) is 3.37. The molecule has 2 heterocycles. The van der Waals surface area contributed by atoms with Crippen LogP contribution in [0.5, 0.6) is 5.88 Å². The summed E-state index contributed by atoms with van der Waals surface area (Å²) >= 11 is 7.33. The summed E-state index contributed by atoms with van der Waals surface area (Å²) in [6.45, 7) is 0. The quantitative estimate of drug-likeness (QED) is 0.199. The van der Waals surface area contributed by atoms with E-state index in [2.05, 4.69) is 9.97 Å². The maximum absolute atomic E-state index is 14.5. The molecule has 2 aromatic heterocycles. The number of nitrogens with zero attached hydrogens (tertiary/aromatic N) is 2. The predicted octanol–water partition coefficient (Wildman–Crippen LogP) is 7.32. The summed E-state index contributed by atoms with van der Waals surface area (Å²) in [5.41, 5.74) is 9.00. The number of hydrogen-bond donors (Lipinski definition) is 2. The van der Waals surface area contributed by atoms with Crippen molar-refractivity contribution in [1.82, 2.24) is 9.97 Å². The Morgan fingerprint density at radius 2 is 1.70 bits per heavy atom. The van der Waals surface area contributed by atoms with Crippen molar-refractivity contribution in [1.29, 1.82) is 0 Å². The van der Waals surface area contributed by atoms with Gasteiger partial charge < -0.3 is 15.6 Å². The number of carbonyl (C=O) groups is 1. The van der Waals surface area contributed by atoms with Crippen LogP contribution in [0.1, 0.15) is 17.2 Å². The number of aromatic nitrogens is 2. The number of rotatable bonds is 8. The van der Waals surface area contributed by atoms with Crippen molar-refractivity contribution in [2.75, 3.05) is 0 Å². The minimum atomic E-state index is -4.76. The third kappa shape index (κ3) is 5.79.